The number of aromatic nitrogens is 1. The van der Waals surface area contributed by atoms with Gasteiger partial charge in [-0.25, -0.2) is 9.78 Å². The van der Waals surface area contributed by atoms with Gasteiger partial charge < -0.3 is 9.84 Å². The van der Waals surface area contributed by atoms with Crippen LogP contribution in [0.5, 0.6) is 5.75 Å². The van der Waals surface area contributed by atoms with Gasteiger partial charge in [0.1, 0.15) is 10.1 Å². The predicted octanol–water partition coefficient (Wildman–Crippen LogP) is 7.15. The average Bonchev–Trinajstić information content (AvgIpc) is 3.17. The second-order valence-corrected chi connectivity index (χ2v) is 10.3. The maximum absolute atomic E-state index is 13.3. The van der Waals surface area contributed by atoms with Crippen molar-refractivity contribution in [3.05, 3.63) is 88.0 Å². The van der Waals surface area contributed by atoms with Gasteiger partial charge in [0.05, 0.1) is 39.6 Å². The Balaban J connectivity index is 1.46. The highest BCUT2D eigenvalue weighted by molar-refractivity contribution is 8.26. The number of carbonyl (C=O) groups excluding carboxylic acids is 1. The van der Waals surface area contributed by atoms with E-state index in [0.29, 0.717) is 24.3 Å². The first-order chi connectivity index (χ1) is 19.2. The van der Waals surface area contributed by atoms with E-state index in [1.165, 1.54) is 53.4 Å². The number of carboxylic acid groups (broad SMARTS) is 1. The molecule has 4 rings (SSSR count). The van der Waals surface area contributed by atoms with Crippen LogP contribution >= 0.6 is 24.0 Å². The summed E-state index contributed by atoms with van der Waals surface area (Å²) in [6.07, 6.45) is -8.25. The van der Waals surface area contributed by atoms with E-state index in [4.69, 9.17) is 22.1 Å². The van der Waals surface area contributed by atoms with Gasteiger partial charge in [0.15, 0.2) is 0 Å². The van der Waals surface area contributed by atoms with Crippen LogP contribution < -0.4 is 4.74 Å². The second kappa shape index (κ2) is 11.9. The summed E-state index contributed by atoms with van der Waals surface area (Å²) in [4.78, 5) is 29.5. The standard InChI is InChI=1S/C27H18F6N2O4S2/c28-26(29,30)17-11-16(12-18(13-17)27(31,32)33)21-4-1-3-19(34-21)14-22-23(36)35(25(40)41-22)9-2-10-39-20-7-5-15(6-8-20)24(37)38/h1,3-8,11-14H,2,9-10H2,(H,37,38). The molecule has 3 aromatic rings. The maximum Gasteiger partial charge on any atom is 0.416 e. The van der Waals surface area contributed by atoms with Gasteiger partial charge in [0.2, 0.25) is 0 Å². The lowest BCUT2D eigenvalue weighted by Gasteiger charge is -2.14. The number of aromatic carboxylic acids is 1. The van der Waals surface area contributed by atoms with Crippen molar-refractivity contribution in [1.29, 1.82) is 0 Å². The van der Waals surface area contributed by atoms with Crippen molar-refractivity contribution < 1.29 is 45.8 Å². The molecule has 6 nitrogen and oxygen atoms in total. The van der Waals surface area contributed by atoms with Gasteiger partial charge in [0, 0.05) is 12.1 Å². The van der Waals surface area contributed by atoms with Gasteiger partial charge in [-0.3, -0.25) is 9.69 Å². The minimum Gasteiger partial charge on any atom is -0.494 e. The number of halogens is 6. The van der Waals surface area contributed by atoms with E-state index in [1.54, 1.807) is 0 Å². The van der Waals surface area contributed by atoms with Crippen LogP contribution in [0.15, 0.2) is 65.6 Å². The number of pyridine rings is 1. The van der Waals surface area contributed by atoms with E-state index in [2.05, 4.69) is 4.98 Å². The van der Waals surface area contributed by atoms with Gasteiger partial charge >= 0.3 is 18.3 Å². The van der Waals surface area contributed by atoms with Gasteiger partial charge in [-0.05, 0) is 67.1 Å². The lowest BCUT2D eigenvalue weighted by molar-refractivity contribution is -0.143. The minimum absolute atomic E-state index is 0.0405. The number of nitrogens with zero attached hydrogens (tertiary/aromatic N) is 2. The smallest absolute Gasteiger partial charge is 0.416 e. The fourth-order valence-electron chi connectivity index (χ4n) is 3.73. The number of carboxylic acids is 1. The molecule has 0 bridgehead atoms. The molecule has 1 N–H and O–H groups in total. The van der Waals surface area contributed by atoms with Crippen LogP contribution in [0.1, 0.15) is 33.6 Å². The van der Waals surface area contributed by atoms with Crippen molar-refractivity contribution in [2.75, 3.05) is 13.2 Å². The van der Waals surface area contributed by atoms with E-state index in [1.807, 2.05) is 0 Å². The quantitative estimate of drug-likeness (QED) is 0.125. The highest BCUT2D eigenvalue weighted by Crippen LogP contribution is 2.38. The Bertz CT molecular complexity index is 1490. The molecular formula is C27H18F6N2O4S2. The fourth-order valence-corrected chi connectivity index (χ4v) is 5.02. The molecule has 0 atom stereocenters. The van der Waals surface area contributed by atoms with Crippen molar-refractivity contribution >= 4 is 46.3 Å². The highest BCUT2D eigenvalue weighted by atomic mass is 32.2. The Hall–Kier alpha value is -3.91. The summed E-state index contributed by atoms with van der Waals surface area (Å²) >= 11 is 6.27. The summed E-state index contributed by atoms with van der Waals surface area (Å²) < 4.78 is 85.5. The predicted molar refractivity (Wildman–Crippen MR) is 143 cm³/mol. The van der Waals surface area contributed by atoms with Crippen LogP contribution in [0, 0.1) is 0 Å². The summed E-state index contributed by atoms with van der Waals surface area (Å²) in [5, 5.41) is 8.94. The number of alkyl halides is 6. The number of hydrogen-bond acceptors (Lipinski definition) is 6. The topological polar surface area (TPSA) is 79.7 Å². The van der Waals surface area contributed by atoms with E-state index in [0.717, 1.165) is 11.8 Å². The third-order valence-corrected chi connectivity index (χ3v) is 7.08. The lowest BCUT2D eigenvalue weighted by atomic mass is 10.0. The normalized spacial score (nSPS) is 15.1. The lowest BCUT2D eigenvalue weighted by Crippen LogP contribution is -2.29. The molecule has 1 aromatic heterocycles. The number of hydrogen-bond donors (Lipinski definition) is 1. The maximum atomic E-state index is 13.3. The van der Waals surface area contributed by atoms with E-state index in [-0.39, 0.29) is 51.0 Å². The molecule has 14 heteroatoms. The number of benzene rings is 2. The monoisotopic (exact) mass is 612 g/mol. The van der Waals surface area contributed by atoms with E-state index < -0.39 is 35.4 Å². The molecule has 0 radical (unpaired) electrons. The summed E-state index contributed by atoms with van der Waals surface area (Å²) in [5.74, 6) is -1.04. The minimum atomic E-state index is -5.00. The van der Waals surface area contributed by atoms with Crippen LogP contribution in [0.4, 0.5) is 26.3 Å². The van der Waals surface area contributed by atoms with Crippen molar-refractivity contribution in [3.63, 3.8) is 0 Å². The average molecular weight is 613 g/mol. The molecule has 2 aromatic carbocycles. The molecule has 1 aliphatic heterocycles. The molecule has 214 valence electrons. The van der Waals surface area contributed by atoms with Crippen LogP contribution in [0.25, 0.3) is 17.3 Å². The summed E-state index contributed by atoms with van der Waals surface area (Å²) in [7, 11) is 0. The Labute approximate surface area is 238 Å². The SMILES string of the molecule is O=C(O)c1ccc(OCCCN2C(=O)C(=Cc3cccc(-c4cc(C(F)(F)F)cc(C(F)(F)F)c4)n3)SC2=S)cc1. The number of carbonyl (C=O) groups is 2. The van der Waals surface area contributed by atoms with Gasteiger partial charge in [-0.1, -0.05) is 30.0 Å². The first-order valence-corrected chi connectivity index (χ1v) is 12.9. The highest BCUT2D eigenvalue weighted by Gasteiger charge is 2.37. The van der Waals surface area contributed by atoms with Gasteiger partial charge in [-0.15, -0.1) is 0 Å². The third kappa shape index (κ3) is 7.44. The molecule has 2 heterocycles. The van der Waals surface area contributed by atoms with E-state index in [9.17, 15) is 35.9 Å². The fraction of sp³-hybridized carbons (Fsp3) is 0.185. The molecule has 1 fully saturated rings. The van der Waals surface area contributed by atoms with E-state index >= 15 is 0 Å². The Kier molecular flexibility index (Phi) is 8.73. The zero-order valence-corrected chi connectivity index (χ0v) is 22.3. The summed E-state index contributed by atoms with van der Waals surface area (Å²) in [6, 6.07) is 11.2. The first-order valence-electron chi connectivity index (χ1n) is 11.7. The van der Waals surface area contributed by atoms with Crippen LogP contribution in [0.3, 0.4) is 0 Å². The third-order valence-electron chi connectivity index (χ3n) is 5.70. The number of ether oxygens (including phenoxy) is 1. The van der Waals surface area contributed by atoms with Crippen LogP contribution in [-0.2, 0) is 17.1 Å². The largest absolute Gasteiger partial charge is 0.494 e. The van der Waals surface area contributed by atoms with Gasteiger partial charge in [0.25, 0.3) is 5.91 Å². The first kappa shape index (κ1) is 30.1. The zero-order valence-electron chi connectivity index (χ0n) is 20.6. The number of rotatable bonds is 8. The van der Waals surface area contributed by atoms with Crippen molar-refractivity contribution in [2.45, 2.75) is 18.8 Å². The van der Waals surface area contributed by atoms with Crippen LogP contribution in [-0.4, -0.2) is 44.3 Å². The molecule has 1 amide bonds. The van der Waals surface area contributed by atoms with Crippen molar-refractivity contribution in [2.24, 2.45) is 0 Å². The zero-order chi connectivity index (χ0) is 29.9. The van der Waals surface area contributed by atoms with Crippen molar-refractivity contribution in [3.8, 4) is 17.0 Å². The van der Waals surface area contributed by atoms with Gasteiger partial charge in [-0.2, -0.15) is 26.3 Å². The Morgan fingerprint density at radius 3 is 2.22 bits per heavy atom. The molecule has 1 aliphatic rings. The molecule has 1 saturated heterocycles. The number of amides is 1. The molecular weight excluding hydrogens is 594 g/mol. The molecule has 0 unspecified atom stereocenters. The molecule has 0 saturated carbocycles. The summed E-state index contributed by atoms with van der Waals surface area (Å²) in [6.45, 7) is 0.427. The second-order valence-electron chi connectivity index (χ2n) is 8.61. The Morgan fingerprint density at radius 1 is 1.00 bits per heavy atom. The molecule has 41 heavy (non-hydrogen) atoms. The molecule has 0 spiro atoms. The Morgan fingerprint density at radius 2 is 1.63 bits per heavy atom. The van der Waals surface area contributed by atoms with Crippen LogP contribution in [0.2, 0.25) is 0 Å². The molecule has 0 aliphatic carbocycles. The number of thiocarbonyl (C=S) groups is 1. The summed E-state index contributed by atoms with van der Waals surface area (Å²) in [5.41, 5.74) is -3.19. The van der Waals surface area contributed by atoms with Crippen molar-refractivity contribution in [1.82, 2.24) is 9.88 Å². The number of thioether (sulfide) groups is 1.